The van der Waals surface area contributed by atoms with Gasteiger partial charge in [0.2, 0.25) is 0 Å². The zero-order chi connectivity index (χ0) is 42.7. The lowest BCUT2D eigenvalue weighted by molar-refractivity contribution is 0.486. The minimum atomic E-state index is -0.635. The van der Waals surface area contributed by atoms with Crippen LogP contribution in [0.25, 0.3) is 21.9 Å². The average Bonchev–Trinajstić information content (AvgIpc) is 3.72. The van der Waals surface area contributed by atoms with Crippen molar-refractivity contribution in [2.45, 2.75) is 31.6 Å². The van der Waals surface area contributed by atoms with Gasteiger partial charge in [0.05, 0.1) is 16.8 Å². The molecule has 0 unspecified atom stereocenters. The predicted molar refractivity (Wildman–Crippen MR) is 265 cm³/mol. The fourth-order valence-electron chi connectivity index (χ4n) is 11.3. The Morgan fingerprint density at radius 1 is 0.453 bits per heavy atom. The molecule has 5 heteroatoms. The lowest BCUT2D eigenvalue weighted by Gasteiger charge is -2.50. The third kappa shape index (κ3) is 5.07. The molecular weight excluding hydrogens is 779 g/mol. The van der Waals surface area contributed by atoms with Crippen LogP contribution >= 0.6 is 0 Å². The second kappa shape index (κ2) is 13.6. The molecule has 3 aliphatic heterocycles. The van der Waals surface area contributed by atoms with Crippen LogP contribution in [0.2, 0.25) is 0 Å². The zero-order valence-electron chi connectivity index (χ0n) is 35.9. The van der Waals surface area contributed by atoms with Crippen LogP contribution in [0, 0.1) is 0 Å². The van der Waals surface area contributed by atoms with Crippen LogP contribution < -0.4 is 30.9 Å². The Kier molecular flexibility index (Phi) is 7.84. The van der Waals surface area contributed by atoms with Gasteiger partial charge < -0.3 is 19.0 Å². The number of rotatable bonds is 6. The Morgan fingerprint density at radius 3 is 1.64 bits per heavy atom. The van der Waals surface area contributed by atoms with Crippen LogP contribution in [0.4, 0.5) is 34.1 Å². The summed E-state index contributed by atoms with van der Waals surface area (Å²) >= 11 is 0. The highest BCUT2D eigenvalue weighted by Gasteiger charge is 2.55. The molecule has 1 aromatic heterocycles. The van der Waals surface area contributed by atoms with Crippen molar-refractivity contribution < 1.29 is 9.15 Å². The third-order valence-electron chi connectivity index (χ3n) is 13.9. The topological polar surface area (TPSA) is 28.9 Å². The molecule has 0 spiro atoms. The lowest BCUT2D eigenvalue weighted by atomic mass is 9.28. The SMILES string of the molecule is CC(C)(C)c1cccc2c1oc1c(N3c4cc(N(c5ccccc5)c5ccccc5)cc5c4B4c6c(cccc6C(c6ccccc6)(c6ccccc6)c6cccc3c64)O5)cccc12. The molecule has 10 aromatic rings. The van der Waals surface area contributed by atoms with Gasteiger partial charge in [-0.1, -0.05) is 172 Å². The number of anilines is 6. The maximum Gasteiger partial charge on any atom is 0.257 e. The van der Waals surface area contributed by atoms with E-state index in [1.165, 1.54) is 38.7 Å². The first-order valence-corrected chi connectivity index (χ1v) is 22.3. The van der Waals surface area contributed by atoms with Crippen molar-refractivity contribution in [1.29, 1.82) is 0 Å². The Hall–Kier alpha value is -7.76. The molecule has 13 rings (SSSR count). The normalized spacial score (nSPS) is 14.0. The van der Waals surface area contributed by atoms with E-state index in [-0.39, 0.29) is 12.1 Å². The number of nitrogens with zero attached hydrogens (tertiary/aromatic N) is 2. The number of fused-ring (bicyclic) bond motifs is 3. The van der Waals surface area contributed by atoms with Gasteiger partial charge in [-0.2, -0.15) is 0 Å². The number of hydrogen-bond donors (Lipinski definition) is 0. The van der Waals surface area contributed by atoms with E-state index in [1.807, 2.05) is 0 Å². The van der Waals surface area contributed by atoms with Crippen molar-refractivity contribution in [2.24, 2.45) is 0 Å². The Bertz CT molecular complexity index is 3390. The first-order chi connectivity index (χ1) is 31.4. The van der Waals surface area contributed by atoms with E-state index in [1.54, 1.807) is 0 Å². The summed E-state index contributed by atoms with van der Waals surface area (Å²) in [7, 11) is 0. The molecule has 4 nitrogen and oxygen atoms in total. The molecule has 0 saturated heterocycles. The third-order valence-corrected chi connectivity index (χ3v) is 13.9. The highest BCUT2D eigenvalue weighted by molar-refractivity contribution is 7.00. The summed E-state index contributed by atoms with van der Waals surface area (Å²) in [4.78, 5) is 4.82. The van der Waals surface area contributed by atoms with Crippen LogP contribution in [0.15, 0.2) is 211 Å². The predicted octanol–water partition coefficient (Wildman–Crippen LogP) is 13.5. The summed E-state index contributed by atoms with van der Waals surface area (Å²) in [6, 6.07) is 74.9. The fourth-order valence-corrected chi connectivity index (χ4v) is 11.3. The van der Waals surface area contributed by atoms with Crippen molar-refractivity contribution in [1.82, 2.24) is 0 Å². The second-order valence-corrected chi connectivity index (χ2v) is 18.4. The van der Waals surface area contributed by atoms with E-state index in [2.05, 4.69) is 237 Å². The lowest BCUT2D eigenvalue weighted by Crippen LogP contribution is -2.66. The van der Waals surface area contributed by atoms with E-state index in [4.69, 9.17) is 9.15 Å². The van der Waals surface area contributed by atoms with Crippen molar-refractivity contribution in [3.63, 3.8) is 0 Å². The monoisotopic (exact) mass is 822 g/mol. The molecule has 4 heterocycles. The summed E-state index contributed by atoms with van der Waals surface area (Å²) in [5.41, 5.74) is 17.2. The van der Waals surface area contributed by atoms with Gasteiger partial charge in [0.25, 0.3) is 6.71 Å². The largest absolute Gasteiger partial charge is 0.458 e. The molecule has 0 radical (unpaired) electrons. The van der Waals surface area contributed by atoms with Crippen LogP contribution in [0.3, 0.4) is 0 Å². The van der Waals surface area contributed by atoms with E-state index in [0.29, 0.717) is 0 Å². The van der Waals surface area contributed by atoms with E-state index in [0.717, 1.165) is 73.0 Å². The summed E-state index contributed by atoms with van der Waals surface area (Å²) in [6.45, 7) is 6.69. The van der Waals surface area contributed by atoms with Crippen molar-refractivity contribution in [3.05, 3.63) is 234 Å². The van der Waals surface area contributed by atoms with E-state index in [9.17, 15) is 0 Å². The quantitative estimate of drug-likeness (QED) is 0.156. The number of furan rings is 1. The first-order valence-electron chi connectivity index (χ1n) is 22.3. The van der Waals surface area contributed by atoms with Crippen LogP contribution in [-0.2, 0) is 10.8 Å². The summed E-state index contributed by atoms with van der Waals surface area (Å²) in [6.07, 6.45) is 0. The number of para-hydroxylation sites is 4. The molecular formula is C59H43BN2O2. The number of ether oxygens (including phenoxy) is 1. The fraction of sp³-hybridized carbons (Fsp3) is 0.0847. The second-order valence-electron chi connectivity index (χ2n) is 18.4. The van der Waals surface area contributed by atoms with Gasteiger partial charge in [-0.3, -0.25) is 0 Å². The van der Waals surface area contributed by atoms with Gasteiger partial charge in [0.15, 0.2) is 5.58 Å². The summed E-state index contributed by atoms with van der Waals surface area (Å²) in [5.74, 6) is 1.74. The van der Waals surface area contributed by atoms with Gasteiger partial charge in [-0.05, 0) is 92.6 Å². The maximum absolute atomic E-state index is 7.37. The minimum absolute atomic E-state index is 0.0914. The standard InChI is InChI=1S/C59H43BN2O2/c1-58(2,3)47-32-16-28-43-44-29-17-34-49(57(44)64-56(43)47)62-48-33-18-30-45-53(48)60-54-46(59(45,38-20-8-4-9-21-38)39-22-10-5-11-23-39)31-19-35-51(54)63-52-37-42(36-50(62)55(52)60)61(40-24-12-6-13-25-40)41-26-14-7-15-27-41/h4-37H,1-3H3. The molecule has 0 fully saturated rings. The molecule has 0 aliphatic carbocycles. The van der Waals surface area contributed by atoms with E-state index >= 15 is 0 Å². The highest BCUT2D eigenvalue weighted by atomic mass is 16.5. The van der Waals surface area contributed by atoms with Crippen LogP contribution in [0.5, 0.6) is 11.5 Å². The molecule has 3 aliphatic rings. The molecule has 0 saturated carbocycles. The van der Waals surface area contributed by atoms with Gasteiger partial charge in [-0.25, -0.2) is 0 Å². The smallest absolute Gasteiger partial charge is 0.257 e. The number of benzene rings is 9. The molecule has 9 aromatic carbocycles. The minimum Gasteiger partial charge on any atom is -0.458 e. The molecule has 0 amide bonds. The summed E-state index contributed by atoms with van der Waals surface area (Å²) < 4.78 is 14.6. The van der Waals surface area contributed by atoms with Crippen LogP contribution in [0.1, 0.15) is 48.6 Å². The van der Waals surface area contributed by atoms with E-state index < -0.39 is 5.41 Å². The molecule has 0 bridgehead atoms. The van der Waals surface area contributed by atoms with Gasteiger partial charge in [0, 0.05) is 45.2 Å². The molecule has 304 valence electrons. The van der Waals surface area contributed by atoms with Gasteiger partial charge in [-0.15, -0.1) is 0 Å². The van der Waals surface area contributed by atoms with Crippen LogP contribution in [-0.4, -0.2) is 6.71 Å². The van der Waals surface area contributed by atoms with Crippen molar-refractivity contribution >= 4 is 79.2 Å². The first kappa shape index (κ1) is 36.9. The maximum atomic E-state index is 7.37. The Balaban J connectivity index is 1.18. The zero-order valence-corrected chi connectivity index (χ0v) is 35.9. The Morgan fingerprint density at radius 2 is 1.00 bits per heavy atom. The van der Waals surface area contributed by atoms with Crippen molar-refractivity contribution in [3.8, 4) is 11.5 Å². The molecule has 64 heavy (non-hydrogen) atoms. The summed E-state index contributed by atoms with van der Waals surface area (Å²) in [5, 5.41) is 2.22. The van der Waals surface area contributed by atoms with Gasteiger partial charge >= 0.3 is 0 Å². The average molecular weight is 823 g/mol. The van der Waals surface area contributed by atoms with Crippen molar-refractivity contribution in [2.75, 3.05) is 9.80 Å². The Labute approximate surface area is 373 Å². The number of hydrogen-bond acceptors (Lipinski definition) is 4. The van der Waals surface area contributed by atoms with Gasteiger partial charge in [0.1, 0.15) is 17.1 Å². The molecule has 0 N–H and O–H groups in total. The highest BCUT2D eigenvalue weighted by Crippen LogP contribution is 2.54. The molecule has 0 atom stereocenters.